The number of carbonyl (C=O) groups excluding carboxylic acids is 1. The van der Waals surface area contributed by atoms with Gasteiger partial charge in [-0.15, -0.1) is 14.5 Å². The Labute approximate surface area is 112 Å². The van der Waals surface area contributed by atoms with Gasteiger partial charge in [0.2, 0.25) is 5.82 Å². The largest absolute Gasteiger partial charge is 0.694 e. The van der Waals surface area contributed by atoms with Crippen LogP contribution in [-0.2, 0) is 13.8 Å². The molecule has 1 aliphatic rings. The summed E-state index contributed by atoms with van der Waals surface area (Å²) in [6.07, 6.45) is -3.76. The zero-order chi connectivity index (χ0) is 14.9. The quantitative estimate of drug-likeness (QED) is 0.435. The number of aliphatic hydroxyl groups excluding tert-OH is 2. The summed E-state index contributed by atoms with van der Waals surface area (Å²) in [5.41, 5.74) is 4.99. The van der Waals surface area contributed by atoms with Gasteiger partial charge < -0.3 is 20.7 Å². The lowest BCUT2D eigenvalue weighted by atomic mass is 10.1. The third-order valence-corrected chi connectivity index (χ3v) is 3.05. The van der Waals surface area contributed by atoms with Crippen molar-refractivity contribution in [3.63, 3.8) is 0 Å². The van der Waals surface area contributed by atoms with Crippen LogP contribution in [0.4, 0.5) is 0 Å². The highest BCUT2D eigenvalue weighted by molar-refractivity contribution is 7.32. The van der Waals surface area contributed by atoms with Crippen molar-refractivity contribution in [3.8, 4) is 0 Å². The Balaban J connectivity index is 2.08. The Hall–Kier alpha value is -1.49. The van der Waals surface area contributed by atoms with E-state index < -0.39 is 45.3 Å². The highest BCUT2D eigenvalue weighted by atomic mass is 31.1. The van der Waals surface area contributed by atoms with Crippen LogP contribution >= 0.6 is 8.25 Å². The molecule has 0 saturated carbocycles. The summed E-state index contributed by atoms with van der Waals surface area (Å²) in [5.74, 6) is -1.12. The number of nitrogens with two attached hydrogens (primary N) is 1. The molecule has 20 heavy (non-hydrogen) atoms. The summed E-state index contributed by atoms with van der Waals surface area (Å²) in [5, 5.41) is 23.3. The second-order valence-corrected chi connectivity index (χ2v) is 4.73. The number of hydrogen-bond acceptors (Lipinski definition) is 8. The average molecular weight is 307 g/mol. The standard InChI is InChI=1S/C8H11N4O7P/c9-6(15)7-10-2-12(11-7)8-5(14)4(13)3(19-8)1-18-20(16)17/h2-5,8,13-14H,1H2,(H2-,9,15,16,17)/p+1/t3-,4-,5-,8-/m1/s1. The van der Waals surface area contributed by atoms with E-state index in [1.165, 1.54) is 0 Å². The second-order valence-electron chi connectivity index (χ2n) is 3.99. The molecule has 1 aromatic heterocycles. The number of aliphatic hydroxyl groups is 2. The Bertz CT molecular complexity index is 523. The normalized spacial score (nSPS) is 30.4. The van der Waals surface area contributed by atoms with E-state index in [4.69, 9.17) is 15.4 Å². The van der Waals surface area contributed by atoms with Gasteiger partial charge in [-0.25, -0.2) is 9.67 Å². The third-order valence-electron chi connectivity index (χ3n) is 2.68. The van der Waals surface area contributed by atoms with Crippen molar-refractivity contribution < 1.29 is 33.7 Å². The van der Waals surface area contributed by atoms with Crippen LogP contribution in [0.5, 0.6) is 0 Å². The molecule has 110 valence electrons. The maximum absolute atomic E-state index is 10.9. The van der Waals surface area contributed by atoms with Crippen LogP contribution < -0.4 is 5.73 Å². The first kappa shape index (κ1) is 14.9. The van der Waals surface area contributed by atoms with E-state index in [1.54, 1.807) is 0 Å². The van der Waals surface area contributed by atoms with Gasteiger partial charge in [0.1, 0.15) is 31.2 Å². The first-order chi connectivity index (χ1) is 9.40. The molecule has 1 aromatic rings. The van der Waals surface area contributed by atoms with Crippen LogP contribution in [0.3, 0.4) is 0 Å². The van der Waals surface area contributed by atoms with Crippen LogP contribution in [0, 0.1) is 0 Å². The van der Waals surface area contributed by atoms with Crippen LogP contribution in [0.1, 0.15) is 16.8 Å². The van der Waals surface area contributed by atoms with E-state index >= 15 is 0 Å². The first-order valence-corrected chi connectivity index (χ1v) is 6.54. The van der Waals surface area contributed by atoms with Crippen molar-refractivity contribution in [2.24, 2.45) is 5.73 Å². The monoisotopic (exact) mass is 307 g/mol. The summed E-state index contributed by atoms with van der Waals surface area (Å²) in [4.78, 5) is 23.0. The lowest BCUT2D eigenvalue weighted by Gasteiger charge is -2.13. The highest BCUT2D eigenvalue weighted by Crippen LogP contribution is 2.30. The molecule has 0 spiro atoms. The van der Waals surface area contributed by atoms with Gasteiger partial charge >= 0.3 is 8.25 Å². The molecule has 0 aromatic carbocycles. The molecule has 5 N–H and O–H groups in total. The number of carbonyl (C=O) groups is 1. The van der Waals surface area contributed by atoms with Crippen molar-refractivity contribution in [1.29, 1.82) is 0 Å². The van der Waals surface area contributed by atoms with Crippen molar-refractivity contribution in [3.05, 3.63) is 12.2 Å². The smallest absolute Gasteiger partial charge is 0.387 e. The molecule has 0 bridgehead atoms. The zero-order valence-corrected chi connectivity index (χ0v) is 10.8. The Morgan fingerprint density at radius 1 is 1.55 bits per heavy atom. The Morgan fingerprint density at radius 2 is 2.25 bits per heavy atom. The van der Waals surface area contributed by atoms with Crippen molar-refractivity contribution >= 4 is 14.2 Å². The molecule has 0 aliphatic carbocycles. The molecule has 1 aliphatic heterocycles. The molecule has 1 saturated heterocycles. The van der Waals surface area contributed by atoms with Gasteiger partial charge in [0.25, 0.3) is 5.91 Å². The molecule has 1 unspecified atom stereocenters. The van der Waals surface area contributed by atoms with E-state index in [0.29, 0.717) is 0 Å². The molecule has 1 amide bonds. The molecule has 1 fully saturated rings. The van der Waals surface area contributed by atoms with Gasteiger partial charge in [-0.3, -0.25) is 4.79 Å². The molecule has 12 heteroatoms. The molecular formula is C8H12N4O7P+. The minimum atomic E-state index is -2.84. The van der Waals surface area contributed by atoms with Gasteiger partial charge in [-0.2, -0.15) is 0 Å². The number of ether oxygens (including phenoxy) is 1. The first-order valence-electron chi connectivity index (χ1n) is 5.41. The fourth-order valence-electron chi connectivity index (χ4n) is 1.73. The molecule has 11 nitrogen and oxygen atoms in total. The topological polar surface area (TPSA) is 170 Å². The number of nitrogens with zero attached hydrogens (tertiary/aromatic N) is 3. The van der Waals surface area contributed by atoms with E-state index in [-0.39, 0.29) is 5.82 Å². The van der Waals surface area contributed by atoms with Gasteiger partial charge in [-0.1, -0.05) is 0 Å². The van der Waals surface area contributed by atoms with Gasteiger partial charge in [0.05, 0.1) is 0 Å². The maximum Gasteiger partial charge on any atom is 0.694 e. The van der Waals surface area contributed by atoms with Crippen LogP contribution in [0.2, 0.25) is 0 Å². The van der Waals surface area contributed by atoms with E-state index in [9.17, 15) is 19.6 Å². The summed E-state index contributed by atoms with van der Waals surface area (Å²) in [6, 6.07) is 0. The number of hydrogen-bond donors (Lipinski definition) is 4. The third kappa shape index (κ3) is 2.98. The molecule has 2 rings (SSSR count). The fraction of sp³-hybridized carbons (Fsp3) is 0.625. The minimum absolute atomic E-state index is 0.270. The Kier molecular flexibility index (Phi) is 4.38. The van der Waals surface area contributed by atoms with E-state index in [1.807, 2.05) is 0 Å². The Morgan fingerprint density at radius 3 is 2.80 bits per heavy atom. The van der Waals surface area contributed by atoms with Crippen LogP contribution in [0.15, 0.2) is 6.33 Å². The number of amides is 1. The van der Waals surface area contributed by atoms with Crippen molar-refractivity contribution in [2.45, 2.75) is 24.5 Å². The zero-order valence-electron chi connectivity index (χ0n) is 9.93. The molecule has 2 heterocycles. The minimum Gasteiger partial charge on any atom is -0.387 e. The summed E-state index contributed by atoms with van der Waals surface area (Å²) in [7, 11) is -2.84. The lowest BCUT2D eigenvalue weighted by Crippen LogP contribution is -2.33. The summed E-state index contributed by atoms with van der Waals surface area (Å²) >= 11 is 0. The SMILES string of the molecule is NC(=O)c1ncn([C@@H]2O[C@H](CO[P+](=O)O)[C@@H](O)[C@H]2O)n1. The average Bonchev–Trinajstić information content (AvgIpc) is 2.95. The predicted octanol–water partition coefficient (Wildman–Crippen LogP) is -2.34. The summed E-state index contributed by atoms with van der Waals surface area (Å²) < 4.78 is 21.1. The predicted molar refractivity (Wildman–Crippen MR) is 60.2 cm³/mol. The van der Waals surface area contributed by atoms with Crippen molar-refractivity contribution in [1.82, 2.24) is 14.8 Å². The van der Waals surface area contributed by atoms with E-state index in [0.717, 1.165) is 11.0 Å². The van der Waals surface area contributed by atoms with Gasteiger partial charge in [0, 0.05) is 4.57 Å². The molecular weight excluding hydrogens is 295 g/mol. The molecule has 5 atom stereocenters. The lowest BCUT2D eigenvalue weighted by molar-refractivity contribution is -0.0557. The number of rotatable bonds is 5. The fourth-order valence-corrected chi connectivity index (χ4v) is 2.01. The van der Waals surface area contributed by atoms with Gasteiger partial charge in [-0.05, 0) is 0 Å². The van der Waals surface area contributed by atoms with Gasteiger partial charge in [0.15, 0.2) is 6.23 Å². The maximum atomic E-state index is 10.9. The number of primary amides is 1. The second kappa shape index (κ2) is 5.87. The van der Waals surface area contributed by atoms with Crippen molar-refractivity contribution in [2.75, 3.05) is 6.61 Å². The van der Waals surface area contributed by atoms with E-state index in [2.05, 4.69) is 14.6 Å². The molecule has 0 radical (unpaired) electrons. The van der Waals surface area contributed by atoms with Crippen LogP contribution in [0.25, 0.3) is 0 Å². The summed E-state index contributed by atoms with van der Waals surface area (Å²) in [6.45, 7) is -0.391. The van der Waals surface area contributed by atoms with Crippen LogP contribution in [-0.4, -0.2) is 60.7 Å². The number of aromatic nitrogens is 3. The highest BCUT2D eigenvalue weighted by Gasteiger charge is 2.45.